The number of likely N-dealkylation sites (N-methyl/N-ethyl adjacent to an activating group) is 2. The Morgan fingerprint density at radius 1 is 0.854 bits per heavy atom. The van der Waals surface area contributed by atoms with Gasteiger partial charge in [-0.25, -0.2) is 8.42 Å². The van der Waals surface area contributed by atoms with Crippen molar-refractivity contribution in [1.29, 1.82) is 0 Å². The largest absolute Gasteiger partial charge is 0.355 e. The molecule has 4 rings (SSSR count). The summed E-state index contributed by atoms with van der Waals surface area (Å²) in [5.41, 5.74) is 1.30. The molecule has 0 fully saturated rings. The quantitative estimate of drug-likeness (QED) is 0.241. The molecule has 0 aliphatic heterocycles. The van der Waals surface area contributed by atoms with Crippen LogP contribution >= 0.6 is 23.2 Å². The van der Waals surface area contributed by atoms with Gasteiger partial charge in [0.2, 0.25) is 21.8 Å². The summed E-state index contributed by atoms with van der Waals surface area (Å²) in [6, 6.07) is 25.6. The van der Waals surface area contributed by atoms with E-state index in [2.05, 4.69) is 5.32 Å². The summed E-state index contributed by atoms with van der Waals surface area (Å²) >= 11 is 12.9. The summed E-state index contributed by atoms with van der Waals surface area (Å²) in [5.74, 6) is -0.937. The minimum absolute atomic E-state index is 0.0664. The zero-order chi connectivity index (χ0) is 29.6. The van der Waals surface area contributed by atoms with Crippen molar-refractivity contribution < 1.29 is 18.0 Å². The number of hydrogen-bond donors (Lipinski definition) is 1. The van der Waals surface area contributed by atoms with E-state index in [1.165, 1.54) is 18.0 Å². The molecule has 41 heavy (non-hydrogen) atoms. The molecule has 0 spiro atoms. The van der Waals surface area contributed by atoms with Gasteiger partial charge in [-0.15, -0.1) is 0 Å². The zero-order valence-electron chi connectivity index (χ0n) is 22.8. The third-order valence-corrected chi connectivity index (χ3v) is 9.31. The number of hydrogen-bond acceptors (Lipinski definition) is 4. The Hall–Kier alpha value is -3.43. The fraction of sp³-hybridized carbons (Fsp3) is 0.226. The Kier molecular flexibility index (Phi) is 10.0. The Balaban J connectivity index is 1.69. The van der Waals surface area contributed by atoms with Gasteiger partial charge in [0.15, 0.2) is 0 Å². The second-order valence-corrected chi connectivity index (χ2v) is 12.5. The van der Waals surface area contributed by atoms with Gasteiger partial charge in [-0.1, -0.05) is 89.9 Å². The van der Waals surface area contributed by atoms with Crippen LogP contribution in [-0.4, -0.2) is 55.6 Å². The number of fused-ring (bicyclic) bond motifs is 1. The lowest BCUT2D eigenvalue weighted by atomic mass is 10.0. The summed E-state index contributed by atoms with van der Waals surface area (Å²) in [7, 11) is -2.68. The highest BCUT2D eigenvalue weighted by atomic mass is 35.5. The van der Waals surface area contributed by atoms with E-state index in [4.69, 9.17) is 23.2 Å². The summed E-state index contributed by atoms with van der Waals surface area (Å²) in [6.45, 7) is 1.56. The van der Waals surface area contributed by atoms with Crippen LogP contribution in [0.5, 0.6) is 0 Å². The van der Waals surface area contributed by atoms with Crippen LogP contribution in [0.4, 0.5) is 0 Å². The van der Waals surface area contributed by atoms with Gasteiger partial charge in [0.05, 0.1) is 11.4 Å². The van der Waals surface area contributed by atoms with Gasteiger partial charge in [0, 0.05) is 42.2 Å². The molecule has 0 aliphatic carbocycles. The van der Waals surface area contributed by atoms with Crippen LogP contribution in [0.3, 0.4) is 0 Å². The van der Waals surface area contributed by atoms with E-state index in [1.54, 1.807) is 37.3 Å². The first-order valence-corrected chi connectivity index (χ1v) is 15.3. The number of sulfonamides is 1. The van der Waals surface area contributed by atoms with Crippen molar-refractivity contribution in [3.05, 3.63) is 112 Å². The van der Waals surface area contributed by atoms with E-state index >= 15 is 0 Å². The molecule has 0 bridgehead atoms. The van der Waals surface area contributed by atoms with E-state index in [1.807, 2.05) is 54.6 Å². The van der Waals surface area contributed by atoms with Crippen LogP contribution in [0.25, 0.3) is 10.8 Å². The van der Waals surface area contributed by atoms with Gasteiger partial charge in [0.25, 0.3) is 0 Å². The molecule has 1 atom stereocenters. The molecule has 7 nitrogen and oxygen atoms in total. The molecular weight excluding hydrogens is 581 g/mol. The number of nitrogens with zero attached hydrogens (tertiary/aromatic N) is 2. The number of halogens is 2. The first-order valence-electron chi connectivity index (χ1n) is 13.1. The highest BCUT2D eigenvalue weighted by Gasteiger charge is 2.33. The molecular formula is C31H31Cl2N3O4S. The summed E-state index contributed by atoms with van der Waals surface area (Å²) in [6.07, 6.45) is 0.210. The van der Waals surface area contributed by atoms with E-state index < -0.39 is 28.5 Å². The smallest absolute Gasteiger partial charge is 0.243 e. The van der Waals surface area contributed by atoms with E-state index in [9.17, 15) is 18.0 Å². The molecule has 2 amide bonds. The minimum atomic E-state index is -4.03. The maximum absolute atomic E-state index is 14.0. The fourth-order valence-electron chi connectivity index (χ4n) is 4.57. The maximum Gasteiger partial charge on any atom is 0.243 e. The molecule has 214 valence electrons. The standard InChI is InChI=1S/C31H31Cl2N3O4S/c1-3-34-31(38)29(18-22-10-5-4-6-11-22)36(20-26-27(32)14-9-15-28(26)33)30(37)21-35(2)41(39,40)25-17-16-23-12-7-8-13-24(23)19-25/h4-17,19,29H,3,18,20-21H2,1-2H3,(H,34,38)/t29-/m0/s1. The Labute approximate surface area is 250 Å². The Morgan fingerprint density at radius 3 is 2.15 bits per heavy atom. The number of nitrogens with one attached hydrogen (secondary N) is 1. The second kappa shape index (κ2) is 13.5. The van der Waals surface area contributed by atoms with Crippen molar-refractivity contribution >= 4 is 55.8 Å². The SMILES string of the molecule is CCNC(=O)[C@H](Cc1ccccc1)N(Cc1c(Cl)cccc1Cl)C(=O)CN(C)S(=O)(=O)c1ccc2ccccc2c1. The zero-order valence-corrected chi connectivity index (χ0v) is 25.1. The highest BCUT2D eigenvalue weighted by Crippen LogP contribution is 2.28. The monoisotopic (exact) mass is 611 g/mol. The summed E-state index contributed by atoms with van der Waals surface area (Å²) in [5, 5.41) is 5.15. The molecule has 1 N–H and O–H groups in total. The maximum atomic E-state index is 14.0. The average Bonchev–Trinajstić information content (AvgIpc) is 2.96. The van der Waals surface area contributed by atoms with Crippen LogP contribution in [-0.2, 0) is 32.6 Å². The Morgan fingerprint density at radius 2 is 1.49 bits per heavy atom. The van der Waals surface area contributed by atoms with Crippen molar-refractivity contribution in [2.24, 2.45) is 0 Å². The van der Waals surface area contributed by atoms with E-state index in [-0.39, 0.29) is 23.8 Å². The topological polar surface area (TPSA) is 86.8 Å². The normalized spacial score (nSPS) is 12.3. The summed E-state index contributed by atoms with van der Waals surface area (Å²) in [4.78, 5) is 28.8. The Bertz CT molecular complexity index is 1630. The molecule has 4 aromatic rings. The molecule has 0 saturated heterocycles. The van der Waals surface area contributed by atoms with Crippen molar-refractivity contribution in [2.75, 3.05) is 20.1 Å². The lowest BCUT2D eigenvalue weighted by Crippen LogP contribution is -2.53. The molecule has 0 heterocycles. The van der Waals surface area contributed by atoms with Crippen LogP contribution < -0.4 is 5.32 Å². The first kappa shape index (κ1) is 30.5. The molecule has 0 aromatic heterocycles. The second-order valence-electron chi connectivity index (χ2n) is 9.59. The van der Waals surface area contributed by atoms with Crippen molar-refractivity contribution in [1.82, 2.24) is 14.5 Å². The first-order chi connectivity index (χ1) is 19.6. The number of carbonyl (C=O) groups excluding carboxylic acids is 2. The van der Waals surface area contributed by atoms with E-state index in [0.717, 1.165) is 20.6 Å². The number of benzene rings is 4. The third-order valence-electron chi connectivity index (χ3n) is 6.80. The molecule has 10 heteroatoms. The number of amides is 2. The molecule has 0 radical (unpaired) electrons. The molecule has 0 saturated carbocycles. The van der Waals surface area contributed by atoms with Crippen molar-refractivity contribution in [3.8, 4) is 0 Å². The van der Waals surface area contributed by atoms with Crippen molar-refractivity contribution in [3.63, 3.8) is 0 Å². The lowest BCUT2D eigenvalue weighted by Gasteiger charge is -2.33. The lowest BCUT2D eigenvalue weighted by molar-refractivity contribution is -0.141. The van der Waals surface area contributed by atoms with Gasteiger partial charge < -0.3 is 10.2 Å². The van der Waals surface area contributed by atoms with Gasteiger partial charge >= 0.3 is 0 Å². The fourth-order valence-corrected chi connectivity index (χ4v) is 6.25. The van der Waals surface area contributed by atoms with Gasteiger partial charge in [0.1, 0.15) is 6.04 Å². The van der Waals surface area contributed by atoms with Crippen LogP contribution in [0.2, 0.25) is 10.0 Å². The van der Waals surface area contributed by atoms with E-state index in [0.29, 0.717) is 22.2 Å². The molecule has 0 unspecified atom stereocenters. The van der Waals surface area contributed by atoms with Crippen LogP contribution in [0, 0.1) is 0 Å². The third kappa shape index (κ3) is 7.26. The predicted molar refractivity (Wildman–Crippen MR) is 163 cm³/mol. The highest BCUT2D eigenvalue weighted by molar-refractivity contribution is 7.89. The predicted octanol–water partition coefficient (Wildman–Crippen LogP) is 5.54. The summed E-state index contributed by atoms with van der Waals surface area (Å²) < 4.78 is 28.1. The van der Waals surface area contributed by atoms with Crippen LogP contribution in [0.15, 0.2) is 95.9 Å². The molecule has 4 aromatic carbocycles. The minimum Gasteiger partial charge on any atom is -0.355 e. The van der Waals surface area contributed by atoms with Gasteiger partial charge in [-0.05, 0) is 47.5 Å². The van der Waals surface area contributed by atoms with Crippen LogP contribution in [0.1, 0.15) is 18.1 Å². The molecule has 0 aliphatic rings. The number of carbonyl (C=O) groups is 2. The van der Waals surface area contributed by atoms with Crippen molar-refractivity contribution in [2.45, 2.75) is 30.8 Å². The average molecular weight is 613 g/mol. The number of rotatable bonds is 11. The van der Waals surface area contributed by atoms with Gasteiger partial charge in [-0.2, -0.15) is 4.31 Å². The van der Waals surface area contributed by atoms with Gasteiger partial charge in [-0.3, -0.25) is 9.59 Å².